The van der Waals surface area contributed by atoms with Gasteiger partial charge in [-0.25, -0.2) is 9.97 Å². The second kappa shape index (κ2) is 6.17. The Balaban J connectivity index is 1.83. The Bertz CT molecular complexity index is 680. The monoisotopic (exact) mass is 325 g/mol. The average molecular weight is 325 g/mol. The summed E-state index contributed by atoms with van der Waals surface area (Å²) < 4.78 is 38.4. The first kappa shape index (κ1) is 15.8. The number of alkyl halides is 3. The minimum Gasteiger partial charge on any atom is -0.336 e. The van der Waals surface area contributed by atoms with E-state index in [0.717, 1.165) is 48.5 Å². The summed E-state index contributed by atoms with van der Waals surface area (Å²) in [4.78, 5) is 9.47. The zero-order valence-electron chi connectivity index (χ0n) is 12.8. The van der Waals surface area contributed by atoms with Crippen molar-refractivity contribution in [2.75, 3.05) is 11.4 Å². The van der Waals surface area contributed by atoms with E-state index in [4.69, 9.17) is 0 Å². The molecule has 0 unspecified atom stereocenters. The lowest BCUT2D eigenvalue weighted by Gasteiger charge is -2.27. The molecule has 0 atom stereocenters. The standard InChI is InChI=1S/C15H18F3N5/c1-2-3-4-11-10-9-23(8-6-12(10)22-21-11)14-19-7-5-13(20-14)15(16,17)18/h5,7H,2-4,6,8-9H2,1H3,(H,21,22). The number of nitrogens with zero attached hydrogens (tertiary/aromatic N) is 4. The Morgan fingerprint density at radius 3 is 2.91 bits per heavy atom. The van der Waals surface area contributed by atoms with Gasteiger partial charge in [0.15, 0.2) is 0 Å². The molecule has 0 saturated carbocycles. The summed E-state index contributed by atoms with van der Waals surface area (Å²) in [5, 5.41) is 7.39. The van der Waals surface area contributed by atoms with Crippen LogP contribution >= 0.6 is 0 Å². The number of hydrogen-bond acceptors (Lipinski definition) is 4. The van der Waals surface area contributed by atoms with Gasteiger partial charge in [0.2, 0.25) is 5.95 Å². The lowest BCUT2D eigenvalue weighted by atomic mass is 10.0. The van der Waals surface area contributed by atoms with Crippen LogP contribution < -0.4 is 4.90 Å². The molecule has 1 N–H and O–H groups in total. The van der Waals surface area contributed by atoms with Crippen molar-refractivity contribution in [3.8, 4) is 0 Å². The first-order valence-electron chi connectivity index (χ1n) is 7.69. The fourth-order valence-corrected chi connectivity index (χ4v) is 2.73. The zero-order chi connectivity index (χ0) is 16.4. The lowest BCUT2D eigenvalue weighted by Crippen LogP contribution is -2.32. The van der Waals surface area contributed by atoms with Crippen LogP contribution in [-0.2, 0) is 25.6 Å². The molecule has 3 heterocycles. The number of aromatic amines is 1. The molecule has 0 amide bonds. The van der Waals surface area contributed by atoms with Crippen molar-refractivity contribution in [3.63, 3.8) is 0 Å². The molecule has 3 rings (SSSR count). The molecule has 0 aromatic carbocycles. The van der Waals surface area contributed by atoms with Crippen molar-refractivity contribution < 1.29 is 13.2 Å². The van der Waals surface area contributed by atoms with Crippen molar-refractivity contribution >= 4 is 5.95 Å². The van der Waals surface area contributed by atoms with Crippen LogP contribution in [0.25, 0.3) is 0 Å². The third-order valence-corrected chi connectivity index (χ3v) is 4.00. The summed E-state index contributed by atoms with van der Waals surface area (Å²) in [6, 6.07) is 0.892. The highest BCUT2D eigenvalue weighted by Crippen LogP contribution is 2.29. The molecule has 0 bridgehead atoms. The Kier molecular flexibility index (Phi) is 4.23. The molecule has 2 aromatic heterocycles. The van der Waals surface area contributed by atoms with Crippen LogP contribution in [0.5, 0.6) is 0 Å². The third-order valence-electron chi connectivity index (χ3n) is 4.00. The fourth-order valence-electron chi connectivity index (χ4n) is 2.73. The Labute approximate surface area is 131 Å². The van der Waals surface area contributed by atoms with E-state index in [0.29, 0.717) is 19.5 Å². The SMILES string of the molecule is CCCCc1n[nH]c2c1CN(c1nccc(C(F)(F)F)n1)CC2. The second-order valence-electron chi connectivity index (χ2n) is 5.64. The van der Waals surface area contributed by atoms with Crippen LogP contribution in [0, 0.1) is 0 Å². The van der Waals surface area contributed by atoms with Gasteiger partial charge in [0.1, 0.15) is 5.69 Å². The predicted octanol–water partition coefficient (Wildman–Crippen LogP) is 3.12. The molecule has 5 nitrogen and oxygen atoms in total. The summed E-state index contributed by atoms with van der Waals surface area (Å²) in [6.45, 7) is 3.18. The normalized spacial score (nSPS) is 14.9. The van der Waals surface area contributed by atoms with Crippen molar-refractivity contribution in [2.45, 2.75) is 45.3 Å². The molecule has 1 aliphatic heterocycles. The van der Waals surface area contributed by atoms with E-state index in [1.54, 1.807) is 4.90 Å². The molecule has 0 radical (unpaired) electrons. The van der Waals surface area contributed by atoms with Gasteiger partial charge in [0, 0.05) is 37.0 Å². The Morgan fingerprint density at radius 2 is 2.17 bits per heavy atom. The highest BCUT2D eigenvalue weighted by Gasteiger charge is 2.33. The van der Waals surface area contributed by atoms with E-state index >= 15 is 0 Å². The Morgan fingerprint density at radius 1 is 1.35 bits per heavy atom. The quantitative estimate of drug-likeness (QED) is 0.938. The van der Waals surface area contributed by atoms with Crippen LogP contribution in [0.3, 0.4) is 0 Å². The minimum absolute atomic E-state index is 0.119. The topological polar surface area (TPSA) is 57.7 Å². The molecule has 0 saturated heterocycles. The summed E-state index contributed by atoms with van der Waals surface area (Å²) in [5.74, 6) is 0.119. The van der Waals surface area contributed by atoms with Crippen LogP contribution in [0.15, 0.2) is 12.3 Å². The predicted molar refractivity (Wildman–Crippen MR) is 79.0 cm³/mol. The maximum absolute atomic E-state index is 12.8. The van der Waals surface area contributed by atoms with Gasteiger partial charge in [-0.15, -0.1) is 0 Å². The number of aromatic nitrogens is 4. The molecule has 124 valence electrons. The van der Waals surface area contributed by atoms with E-state index in [1.807, 2.05) is 0 Å². The fraction of sp³-hybridized carbons (Fsp3) is 0.533. The third kappa shape index (κ3) is 3.30. The van der Waals surface area contributed by atoms with Gasteiger partial charge in [-0.05, 0) is 18.9 Å². The van der Waals surface area contributed by atoms with Crippen molar-refractivity contribution in [1.29, 1.82) is 0 Å². The molecule has 2 aromatic rings. The van der Waals surface area contributed by atoms with Gasteiger partial charge in [0.05, 0.1) is 5.69 Å². The molecule has 23 heavy (non-hydrogen) atoms. The number of halogens is 3. The van der Waals surface area contributed by atoms with E-state index in [-0.39, 0.29) is 5.95 Å². The maximum Gasteiger partial charge on any atom is 0.433 e. The summed E-state index contributed by atoms with van der Waals surface area (Å²) >= 11 is 0. The van der Waals surface area contributed by atoms with E-state index < -0.39 is 11.9 Å². The molecule has 1 aliphatic rings. The first-order chi connectivity index (χ1) is 11.0. The summed E-state index contributed by atoms with van der Waals surface area (Å²) in [7, 11) is 0. The van der Waals surface area contributed by atoms with Crippen molar-refractivity contribution in [2.24, 2.45) is 0 Å². The number of nitrogens with one attached hydrogen (secondary N) is 1. The van der Waals surface area contributed by atoms with Crippen LogP contribution in [0.1, 0.15) is 42.4 Å². The van der Waals surface area contributed by atoms with Gasteiger partial charge >= 0.3 is 6.18 Å². The van der Waals surface area contributed by atoms with Crippen molar-refractivity contribution in [1.82, 2.24) is 20.2 Å². The van der Waals surface area contributed by atoms with Gasteiger partial charge in [0.25, 0.3) is 0 Å². The van der Waals surface area contributed by atoms with Gasteiger partial charge in [-0.1, -0.05) is 13.3 Å². The lowest BCUT2D eigenvalue weighted by molar-refractivity contribution is -0.141. The molecule has 0 aliphatic carbocycles. The second-order valence-corrected chi connectivity index (χ2v) is 5.64. The highest BCUT2D eigenvalue weighted by molar-refractivity contribution is 5.39. The van der Waals surface area contributed by atoms with Crippen molar-refractivity contribution in [3.05, 3.63) is 34.9 Å². The first-order valence-corrected chi connectivity index (χ1v) is 7.69. The largest absolute Gasteiger partial charge is 0.433 e. The van der Waals surface area contributed by atoms with E-state index in [1.165, 1.54) is 0 Å². The number of anilines is 1. The van der Waals surface area contributed by atoms with Crippen LogP contribution in [0.2, 0.25) is 0 Å². The Hall–Kier alpha value is -2.12. The highest BCUT2D eigenvalue weighted by atomic mass is 19.4. The number of aryl methyl sites for hydroxylation is 1. The zero-order valence-corrected chi connectivity index (χ0v) is 12.8. The van der Waals surface area contributed by atoms with Gasteiger partial charge < -0.3 is 4.90 Å². The molecular formula is C15H18F3N5. The number of rotatable bonds is 4. The smallest absolute Gasteiger partial charge is 0.336 e. The number of H-pyrrole nitrogens is 1. The summed E-state index contributed by atoms with van der Waals surface area (Å²) in [6.07, 6.45) is 0.391. The van der Waals surface area contributed by atoms with E-state index in [2.05, 4.69) is 27.1 Å². The van der Waals surface area contributed by atoms with Crippen LogP contribution in [-0.4, -0.2) is 26.7 Å². The van der Waals surface area contributed by atoms with Crippen LogP contribution in [0.4, 0.5) is 19.1 Å². The molecule has 0 spiro atoms. The van der Waals surface area contributed by atoms with Gasteiger partial charge in [-0.3, -0.25) is 5.10 Å². The molecule has 0 fully saturated rings. The number of fused-ring (bicyclic) bond motifs is 1. The minimum atomic E-state index is -4.46. The number of unbranched alkanes of at least 4 members (excludes halogenated alkanes) is 1. The number of hydrogen-bond donors (Lipinski definition) is 1. The average Bonchev–Trinajstić information content (AvgIpc) is 2.94. The van der Waals surface area contributed by atoms with Gasteiger partial charge in [-0.2, -0.15) is 18.3 Å². The maximum atomic E-state index is 12.8. The van der Waals surface area contributed by atoms with E-state index in [9.17, 15) is 13.2 Å². The molecular weight excluding hydrogens is 307 g/mol. The summed E-state index contributed by atoms with van der Waals surface area (Å²) in [5.41, 5.74) is 2.23. The molecule has 8 heteroatoms.